The van der Waals surface area contributed by atoms with Gasteiger partial charge in [-0.2, -0.15) is 0 Å². The van der Waals surface area contributed by atoms with Gasteiger partial charge in [0.05, 0.1) is 12.1 Å². The third kappa shape index (κ3) is 8.25. The lowest BCUT2D eigenvalue weighted by molar-refractivity contribution is -0.144. The van der Waals surface area contributed by atoms with E-state index in [0.29, 0.717) is 31.7 Å². The summed E-state index contributed by atoms with van der Waals surface area (Å²) in [5.41, 5.74) is 5.80. The standard InChI is InChI=1S/C25H44N4O4/c1-8-10-11-18(20(30)23(32)27-13-9-2)28-22(31)19-17(15-16(3)4)12-14-29(19)24(33)21(26)25(5,6)7/h9,16-19,21H,2,8,10-15,26H2,1,3-7H3,(H,27,32)(H,28,31)/t17-,18?,19+,21-/m1/s1. The van der Waals surface area contributed by atoms with Crippen LogP contribution in [-0.4, -0.2) is 59.6 Å². The zero-order valence-corrected chi connectivity index (χ0v) is 21.3. The maximum atomic E-state index is 13.5. The van der Waals surface area contributed by atoms with Crippen LogP contribution in [0.25, 0.3) is 0 Å². The summed E-state index contributed by atoms with van der Waals surface area (Å²) in [7, 11) is 0. The van der Waals surface area contributed by atoms with E-state index in [1.165, 1.54) is 6.08 Å². The molecule has 1 rings (SSSR count). The maximum Gasteiger partial charge on any atom is 0.289 e. The molecule has 0 aromatic heterocycles. The molecular formula is C25H44N4O4. The second kappa shape index (κ2) is 12.9. The zero-order chi connectivity index (χ0) is 25.3. The third-order valence-electron chi connectivity index (χ3n) is 6.16. The van der Waals surface area contributed by atoms with Crippen molar-refractivity contribution in [2.75, 3.05) is 13.1 Å². The molecule has 8 nitrogen and oxygen atoms in total. The highest BCUT2D eigenvalue weighted by Crippen LogP contribution is 2.32. The summed E-state index contributed by atoms with van der Waals surface area (Å²) >= 11 is 0. The van der Waals surface area contributed by atoms with Gasteiger partial charge < -0.3 is 21.3 Å². The predicted molar refractivity (Wildman–Crippen MR) is 130 cm³/mol. The highest BCUT2D eigenvalue weighted by Gasteiger charge is 2.45. The SMILES string of the molecule is C=CCNC(=O)C(=O)C(CCCC)NC(=O)[C@@H]1[C@@H](CC(C)C)CCN1C(=O)[C@@H](N)C(C)(C)C. The quantitative estimate of drug-likeness (QED) is 0.302. The van der Waals surface area contributed by atoms with Gasteiger partial charge in [0, 0.05) is 13.1 Å². The van der Waals surface area contributed by atoms with Crippen molar-refractivity contribution in [3.05, 3.63) is 12.7 Å². The van der Waals surface area contributed by atoms with E-state index < -0.39 is 41.1 Å². The van der Waals surface area contributed by atoms with Crippen molar-refractivity contribution in [3.63, 3.8) is 0 Å². The Morgan fingerprint density at radius 2 is 1.85 bits per heavy atom. The first-order chi connectivity index (χ1) is 15.3. The van der Waals surface area contributed by atoms with E-state index >= 15 is 0 Å². The number of rotatable bonds is 12. The fourth-order valence-electron chi connectivity index (χ4n) is 4.20. The van der Waals surface area contributed by atoms with Crippen molar-refractivity contribution >= 4 is 23.5 Å². The largest absolute Gasteiger partial charge is 0.346 e. The molecule has 0 aliphatic carbocycles. The Hall–Kier alpha value is -2.22. The smallest absolute Gasteiger partial charge is 0.289 e. The van der Waals surface area contributed by atoms with Crippen LogP contribution in [0, 0.1) is 17.3 Å². The average molecular weight is 465 g/mol. The third-order valence-corrected chi connectivity index (χ3v) is 6.16. The number of unbranched alkanes of at least 4 members (excludes halogenated alkanes) is 1. The lowest BCUT2D eigenvalue weighted by atomic mass is 9.85. The summed E-state index contributed by atoms with van der Waals surface area (Å²) in [5.74, 6) is -1.76. The number of carbonyl (C=O) groups is 4. The molecule has 1 unspecified atom stereocenters. The summed E-state index contributed by atoms with van der Waals surface area (Å²) in [6, 6.07) is -2.38. The van der Waals surface area contributed by atoms with Crippen molar-refractivity contribution in [2.24, 2.45) is 23.0 Å². The van der Waals surface area contributed by atoms with Gasteiger partial charge in [0.15, 0.2) is 0 Å². The molecule has 33 heavy (non-hydrogen) atoms. The zero-order valence-electron chi connectivity index (χ0n) is 21.3. The van der Waals surface area contributed by atoms with Gasteiger partial charge in [-0.1, -0.05) is 60.5 Å². The van der Waals surface area contributed by atoms with Crippen LogP contribution in [-0.2, 0) is 19.2 Å². The number of hydrogen-bond donors (Lipinski definition) is 3. The Bertz CT molecular complexity index is 714. The number of amides is 3. The second-order valence-corrected chi connectivity index (χ2v) is 10.6. The molecule has 8 heteroatoms. The Kier molecular flexibility index (Phi) is 11.2. The fourth-order valence-corrected chi connectivity index (χ4v) is 4.20. The Balaban J connectivity index is 3.15. The lowest BCUT2D eigenvalue weighted by Crippen LogP contribution is -2.58. The number of nitrogens with one attached hydrogen (secondary N) is 2. The van der Waals surface area contributed by atoms with Crippen LogP contribution in [0.4, 0.5) is 0 Å². The maximum absolute atomic E-state index is 13.5. The Morgan fingerprint density at radius 3 is 2.36 bits per heavy atom. The molecule has 1 fully saturated rings. The molecule has 1 saturated heterocycles. The Morgan fingerprint density at radius 1 is 1.21 bits per heavy atom. The molecule has 0 aromatic rings. The van der Waals surface area contributed by atoms with Crippen LogP contribution in [0.5, 0.6) is 0 Å². The molecule has 3 amide bonds. The number of nitrogens with zero attached hydrogens (tertiary/aromatic N) is 1. The summed E-state index contributed by atoms with van der Waals surface area (Å²) in [6.45, 7) is 16.0. The Labute approximate surface area is 199 Å². The van der Waals surface area contributed by atoms with Crippen LogP contribution >= 0.6 is 0 Å². The second-order valence-electron chi connectivity index (χ2n) is 10.6. The van der Waals surface area contributed by atoms with E-state index in [1.807, 2.05) is 27.7 Å². The van der Waals surface area contributed by atoms with Crippen LogP contribution in [0.15, 0.2) is 12.7 Å². The van der Waals surface area contributed by atoms with Crippen LogP contribution < -0.4 is 16.4 Å². The van der Waals surface area contributed by atoms with Gasteiger partial charge in [0.25, 0.3) is 5.91 Å². The highest BCUT2D eigenvalue weighted by atomic mass is 16.2. The first kappa shape index (κ1) is 28.8. The number of Topliss-reactive ketones (excluding diaryl/α,β-unsaturated/α-hetero) is 1. The topological polar surface area (TPSA) is 122 Å². The number of ketones is 1. The molecule has 188 valence electrons. The molecule has 4 N–H and O–H groups in total. The van der Waals surface area contributed by atoms with Crippen molar-refractivity contribution in [3.8, 4) is 0 Å². The molecule has 1 aliphatic rings. The van der Waals surface area contributed by atoms with Gasteiger partial charge in [0.2, 0.25) is 17.6 Å². The van der Waals surface area contributed by atoms with Gasteiger partial charge in [-0.25, -0.2) is 0 Å². The molecule has 0 spiro atoms. The lowest BCUT2D eigenvalue weighted by Gasteiger charge is -2.34. The van der Waals surface area contributed by atoms with Crippen LogP contribution in [0.2, 0.25) is 0 Å². The molecule has 0 saturated carbocycles. The predicted octanol–water partition coefficient (Wildman–Crippen LogP) is 2.17. The van der Waals surface area contributed by atoms with E-state index in [2.05, 4.69) is 31.1 Å². The van der Waals surface area contributed by atoms with Gasteiger partial charge in [-0.3, -0.25) is 19.2 Å². The molecule has 0 bridgehead atoms. The molecule has 1 heterocycles. The number of likely N-dealkylation sites (tertiary alicyclic amines) is 1. The van der Waals surface area contributed by atoms with Gasteiger partial charge >= 0.3 is 0 Å². The van der Waals surface area contributed by atoms with Gasteiger partial charge in [-0.05, 0) is 36.5 Å². The minimum absolute atomic E-state index is 0.0300. The van der Waals surface area contributed by atoms with Gasteiger partial charge in [0.1, 0.15) is 6.04 Å². The molecule has 4 atom stereocenters. The van der Waals surface area contributed by atoms with E-state index in [0.717, 1.165) is 12.8 Å². The molecule has 0 aromatic carbocycles. The minimum Gasteiger partial charge on any atom is -0.346 e. The van der Waals surface area contributed by atoms with E-state index in [9.17, 15) is 19.2 Å². The van der Waals surface area contributed by atoms with E-state index in [1.54, 1.807) is 4.90 Å². The van der Waals surface area contributed by atoms with Crippen LogP contribution in [0.1, 0.15) is 73.6 Å². The van der Waals surface area contributed by atoms with Crippen LogP contribution in [0.3, 0.4) is 0 Å². The average Bonchev–Trinajstić information content (AvgIpc) is 3.15. The summed E-state index contributed by atoms with van der Waals surface area (Å²) in [6.07, 6.45) is 4.83. The summed E-state index contributed by atoms with van der Waals surface area (Å²) in [4.78, 5) is 53.3. The van der Waals surface area contributed by atoms with Crippen molar-refractivity contribution < 1.29 is 19.2 Å². The van der Waals surface area contributed by atoms with E-state index in [-0.39, 0.29) is 18.4 Å². The first-order valence-electron chi connectivity index (χ1n) is 12.1. The molecule has 0 radical (unpaired) electrons. The summed E-state index contributed by atoms with van der Waals surface area (Å²) < 4.78 is 0. The number of carbonyl (C=O) groups excluding carboxylic acids is 4. The molecular weight excluding hydrogens is 420 g/mol. The monoisotopic (exact) mass is 464 g/mol. The minimum atomic E-state index is -0.934. The fraction of sp³-hybridized carbons (Fsp3) is 0.760. The molecule has 1 aliphatic heterocycles. The van der Waals surface area contributed by atoms with E-state index in [4.69, 9.17) is 5.73 Å². The first-order valence-corrected chi connectivity index (χ1v) is 12.1. The number of hydrogen-bond acceptors (Lipinski definition) is 5. The summed E-state index contributed by atoms with van der Waals surface area (Å²) in [5, 5.41) is 5.29. The highest BCUT2D eigenvalue weighted by molar-refractivity contribution is 6.38. The van der Waals surface area contributed by atoms with Crippen molar-refractivity contribution in [1.82, 2.24) is 15.5 Å². The van der Waals surface area contributed by atoms with Gasteiger partial charge in [-0.15, -0.1) is 6.58 Å². The number of nitrogens with two attached hydrogens (primary N) is 1. The normalized spacial score (nSPS) is 20.3. The van der Waals surface area contributed by atoms with Crippen molar-refractivity contribution in [2.45, 2.75) is 91.8 Å². The van der Waals surface area contributed by atoms with Crippen molar-refractivity contribution in [1.29, 1.82) is 0 Å².